The van der Waals surface area contributed by atoms with Crippen LogP contribution in [0.15, 0.2) is 24.4 Å². The zero-order chi connectivity index (χ0) is 17.1. The zero-order valence-electron chi connectivity index (χ0n) is 15.5. The smallest absolute Gasteiger partial charge is 0.132 e. The van der Waals surface area contributed by atoms with Crippen molar-refractivity contribution in [3.8, 4) is 0 Å². The molecule has 1 unspecified atom stereocenters. The van der Waals surface area contributed by atoms with Gasteiger partial charge >= 0.3 is 0 Å². The number of fused-ring (bicyclic) bond motifs is 1. The van der Waals surface area contributed by atoms with E-state index in [0.717, 1.165) is 38.8 Å². The van der Waals surface area contributed by atoms with E-state index >= 15 is 0 Å². The number of aromatic nitrogens is 1. The van der Waals surface area contributed by atoms with E-state index in [1.807, 2.05) is 0 Å². The Hall–Kier alpha value is -1.77. The molecule has 1 aliphatic heterocycles. The van der Waals surface area contributed by atoms with Crippen LogP contribution in [0.1, 0.15) is 56.4 Å². The first-order valence-electron chi connectivity index (χ1n) is 9.48. The first kappa shape index (κ1) is 17.1. The molecule has 3 rings (SSSR count). The number of nitrogens with zero attached hydrogens (tertiary/aromatic N) is 3. The van der Waals surface area contributed by atoms with Crippen molar-refractivity contribution in [2.75, 3.05) is 25.0 Å². The van der Waals surface area contributed by atoms with Gasteiger partial charge in [0.15, 0.2) is 0 Å². The van der Waals surface area contributed by atoms with Gasteiger partial charge in [-0.3, -0.25) is 0 Å². The van der Waals surface area contributed by atoms with Crippen LogP contribution in [0.4, 0.5) is 5.82 Å². The highest BCUT2D eigenvalue weighted by molar-refractivity contribution is 5.65. The third-order valence-corrected chi connectivity index (χ3v) is 5.45. The number of likely N-dealkylation sites (tertiary alicyclic amines) is 1. The Morgan fingerprint density at radius 3 is 3.00 bits per heavy atom. The first-order valence-corrected chi connectivity index (χ1v) is 9.48. The number of hydrogen-bond acceptors (Lipinski definition) is 3. The molecule has 0 N–H and O–H groups in total. The quantitative estimate of drug-likeness (QED) is 0.771. The number of likely N-dealkylation sites (N-methyl/N-ethyl adjacent to an activating group) is 1. The summed E-state index contributed by atoms with van der Waals surface area (Å²) in [6.45, 7) is 10.9. The number of allylic oxidation sites excluding steroid dienone is 2. The van der Waals surface area contributed by atoms with Crippen LogP contribution in [0.2, 0.25) is 0 Å². The normalized spacial score (nSPS) is 19.5. The van der Waals surface area contributed by atoms with Gasteiger partial charge in [0.2, 0.25) is 0 Å². The third-order valence-electron chi connectivity index (χ3n) is 5.45. The Labute approximate surface area is 147 Å². The Balaban J connectivity index is 1.83. The highest BCUT2D eigenvalue weighted by Crippen LogP contribution is 2.30. The number of rotatable bonds is 6. The Kier molecular flexibility index (Phi) is 5.27. The molecule has 0 bridgehead atoms. The highest BCUT2D eigenvalue weighted by atomic mass is 15.3. The third kappa shape index (κ3) is 3.35. The maximum absolute atomic E-state index is 4.99. The molecule has 130 valence electrons. The second-order valence-electron chi connectivity index (χ2n) is 7.09. The first-order chi connectivity index (χ1) is 11.6. The molecule has 0 spiro atoms. The summed E-state index contributed by atoms with van der Waals surface area (Å²) in [6.07, 6.45) is 11.4. The Morgan fingerprint density at radius 2 is 2.25 bits per heavy atom. The summed E-state index contributed by atoms with van der Waals surface area (Å²) in [6, 6.07) is 2.84. The van der Waals surface area contributed by atoms with Gasteiger partial charge in [0.05, 0.1) is 0 Å². The number of aryl methyl sites for hydroxylation is 1. The van der Waals surface area contributed by atoms with Gasteiger partial charge < -0.3 is 9.80 Å². The summed E-state index contributed by atoms with van der Waals surface area (Å²) in [5.74, 6) is 1.20. The summed E-state index contributed by atoms with van der Waals surface area (Å²) in [4.78, 5) is 9.90. The minimum absolute atomic E-state index is 0.573. The average molecular weight is 326 g/mol. The van der Waals surface area contributed by atoms with Gasteiger partial charge in [-0.1, -0.05) is 32.6 Å². The predicted molar refractivity (Wildman–Crippen MR) is 103 cm³/mol. The zero-order valence-corrected chi connectivity index (χ0v) is 15.5. The maximum atomic E-state index is 4.99. The van der Waals surface area contributed by atoms with Crippen molar-refractivity contribution in [3.63, 3.8) is 0 Å². The molecule has 2 heterocycles. The molecule has 1 aromatic rings. The lowest BCUT2D eigenvalue weighted by molar-refractivity contribution is 0.316. The molecule has 1 aliphatic carbocycles. The molecule has 1 atom stereocenters. The van der Waals surface area contributed by atoms with Crippen molar-refractivity contribution in [3.05, 3.63) is 41.2 Å². The van der Waals surface area contributed by atoms with Crippen molar-refractivity contribution < 1.29 is 0 Å². The lowest BCUT2D eigenvalue weighted by Gasteiger charge is -2.33. The van der Waals surface area contributed by atoms with Crippen molar-refractivity contribution in [1.29, 1.82) is 0 Å². The SMILES string of the molecule is C=C(CC)N1CCCC1CN(C)c1nc(CC)cc2c1CCC=C2. The van der Waals surface area contributed by atoms with Gasteiger partial charge in [0.25, 0.3) is 0 Å². The van der Waals surface area contributed by atoms with Crippen LogP contribution in [0.25, 0.3) is 6.08 Å². The van der Waals surface area contributed by atoms with Gasteiger partial charge in [-0.05, 0) is 50.2 Å². The van der Waals surface area contributed by atoms with Crippen molar-refractivity contribution in [1.82, 2.24) is 9.88 Å². The fourth-order valence-corrected chi connectivity index (χ4v) is 4.02. The van der Waals surface area contributed by atoms with Crippen LogP contribution in [-0.2, 0) is 12.8 Å². The van der Waals surface area contributed by atoms with E-state index in [-0.39, 0.29) is 0 Å². The molecular weight excluding hydrogens is 294 g/mol. The molecule has 1 saturated heterocycles. The van der Waals surface area contributed by atoms with Crippen molar-refractivity contribution >= 4 is 11.9 Å². The second kappa shape index (κ2) is 7.42. The number of anilines is 1. The van der Waals surface area contributed by atoms with Crippen molar-refractivity contribution in [2.24, 2.45) is 0 Å². The molecule has 3 heteroatoms. The van der Waals surface area contributed by atoms with Gasteiger partial charge in [0, 0.05) is 43.1 Å². The maximum Gasteiger partial charge on any atom is 0.132 e. The summed E-state index contributed by atoms with van der Waals surface area (Å²) in [5.41, 5.74) is 5.28. The Bertz CT molecular complexity index is 632. The van der Waals surface area contributed by atoms with Crippen LogP contribution < -0.4 is 4.90 Å². The van der Waals surface area contributed by atoms with Gasteiger partial charge in [-0.2, -0.15) is 0 Å². The lowest BCUT2D eigenvalue weighted by Crippen LogP contribution is -2.39. The average Bonchev–Trinajstić information content (AvgIpc) is 3.08. The molecule has 24 heavy (non-hydrogen) atoms. The molecule has 1 aromatic heterocycles. The summed E-state index contributed by atoms with van der Waals surface area (Å²) >= 11 is 0. The van der Waals surface area contributed by atoms with Crippen LogP contribution in [0, 0.1) is 0 Å². The molecule has 0 radical (unpaired) electrons. The molecule has 3 nitrogen and oxygen atoms in total. The minimum atomic E-state index is 0.573. The van der Waals surface area contributed by atoms with E-state index in [9.17, 15) is 0 Å². The standard InChI is InChI=1S/C21H31N3/c1-5-16(3)24-13-9-11-19(24)15-23(4)21-20-12-8-7-10-17(20)14-18(6-2)22-21/h7,10,14,19H,3,5-6,8-9,11-13,15H2,1-2,4H3. The molecule has 0 amide bonds. The van der Waals surface area contributed by atoms with Gasteiger partial charge in [0.1, 0.15) is 5.82 Å². The van der Waals surface area contributed by atoms with Crippen LogP contribution >= 0.6 is 0 Å². The van der Waals surface area contributed by atoms with E-state index in [1.54, 1.807) is 0 Å². The summed E-state index contributed by atoms with van der Waals surface area (Å²) < 4.78 is 0. The number of pyridine rings is 1. The fraction of sp³-hybridized carbons (Fsp3) is 0.571. The van der Waals surface area contributed by atoms with Crippen molar-refractivity contribution in [2.45, 2.75) is 58.4 Å². The van der Waals surface area contributed by atoms with Crippen LogP contribution in [-0.4, -0.2) is 36.1 Å². The second-order valence-corrected chi connectivity index (χ2v) is 7.09. The largest absolute Gasteiger partial charge is 0.371 e. The van der Waals surface area contributed by atoms with Gasteiger partial charge in [-0.15, -0.1) is 0 Å². The van der Waals surface area contributed by atoms with Gasteiger partial charge in [-0.25, -0.2) is 4.98 Å². The molecule has 0 saturated carbocycles. The summed E-state index contributed by atoms with van der Waals surface area (Å²) in [7, 11) is 2.21. The predicted octanol–water partition coefficient (Wildman–Crippen LogP) is 4.43. The monoisotopic (exact) mass is 325 g/mol. The lowest BCUT2D eigenvalue weighted by atomic mass is 9.96. The molecule has 2 aliphatic rings. The molecular formula is C21H31N3. The van der Waals surface area contributed by atoms with E-state index in [4.69, 9.17) is 4.98 Å². The molecule has 0 aromatic carbocycles. The minimum Gasteiger partial charge on any atom is -0.371 e. The van der Waals surface area contributed by atoms with E-state index in [2.05, 4.69) is 55.5 Å². The van der Waals surface area contributed by atoms with E-state index < -0.39 is 0 Å². The highest BCUT2D eigenvalue weighted by Gasteiger charge is 2.27. The Morgan fingerprint density at radius 1 is 1.42 bits per heavy atom. The van der Waals surface area contributed by atoms with E-state index in [1.165, 1.54) is 41.2 Å². The van der Waals surface area contributed by atoms with Crippen LogP contribution in [0.5, 0.6) is 0 Å². The van der Waals surface area contributed by atoms with E-state index in [0.29, 0.717) is 6.04 Å². The fourth-order valence-electron chi connectivity index (χ4n) is 4.02. The summed E-state index contributed by atoms with van der Waals surface area (Å²) in [5, 5.41) is 0. The van der Waals surface area contributed by atoms with Crippen LogP contribution in [0.3, 0.4) is 0 Å². The molecule has 1 fully saturated rings. The topological polar surface area (TPSA) is 19.4 Å². The number of hydrogen-bond donors (Lipinski definition) is 0.